The van der Waals surface area contributed by atoms with Crippen LogP contribution in [0.25, 0.3) is 0 Å². The van der Waals surface area contributed by atoms with Crippen LogP contribution in [0.3, 0.4) is 0 Å². The third-order valence-electron chi connectivity index (χ3n) is 3.18. The van der Waals surface area contributed by atoms with E-state index in [0.717, 1.165) is 24.3 Å². The Morgan fingerprint density at radius 1 is 1.28 bits per heavy atom. The quantitative estimate of drug-likeness (QED) is 0.761. The average Bonchev–Trinajstić information content (AvgIpc) is 2.39. The minimum absolute atomic E-state index is 0.201. The number of morpholine rings is 1. The maximum absolute atomic E-state index is 11.0. The number of aryl methyl sites for hydroxylation is 1. The molecule has 1 aromatic rings. The van der Waals surface area contributed by atoms with Crippen LogP contribution in [0.1, 0.15) is 5.56 Å². The second-order valence-corrected chi connectivity index (χ2v) is 4.32. The molecule has 0 aromatic heterocycles. The topological polar surface area (TPSA) is 75.1 Å². The minimum Gasteiger partial charge on any atom is -0.628 e. The van der Waals surface area contributed by atoms with Gasteiger partial charge in [-0.3, -0.25) is 0 Å². The van der Waals surface area contributed by atoms with E-state index in [1.54, 1.807) is 13.1 Å². The molecule has 0 radical (unpaired) electrons. The summed E-state index contributed by atoms with van der Waals surface area (Å²) in [7, 11) is 1.71. The number of quaternary nitrogens is 1. The van der Waals surface area contributed by atoms with Crippen molar-refractivity contribution in [2.45, 2.75) is 6.92 Å². The smallest absolute Gasteiger partial charge is 0.155 e. The predicted molar refractivity (Wildman–Crippen MR) is 71.1 cm³/mol. The van der Waals surface area contributed by atoms with Crippen molar-refractivity contribution in [3.8, 4) is 0 Å². The number of hydrogen-bond acceptors (Lipinski definition) is 5. The predicted octanol–water partition coefficient (Wildman–Crippen LogP) is 0.385. The van der Waals surface area contributed by atoms with E-state index < -0.39 is 5.23 Å². The lowest BCUT2D eigenvalue weighted by Gasteiger charge is -2.32. The Labute approximate surface area is 106 Å². The summed E-state index contributed by atoms with van der Waals surface area (Å²) in [6.45, 7) is 4.98. The lowest BCUT2D eigenvalue weighted by Crippen LogP contribution is -2.96. The summed E-state index contributed by atoms with van der Waals surface area (Å²) in [6, 6.07) is 3.53. The summed E-state index contributed by atoms with van der Waals surface area (Å²) >= 11 is 0. The van der Waals surface area contributed by atoms with Crippen molar-refractivity contribution in [3.63, 3.8) is 0 Å². The van der Waals surface area contributed by atoms with E-state index in [4.69, 9.17) is 4.74 Å². The molecule has 1 aliphatic rings. The van der Waals surface area contributed by atoms with Gasteiger partial charge in [-0.05, 0) is 18.6 Å². The van der Waals surface area contributed by atoms with Crippen molar-refractivity contribution < 1.29 is 9.96 Å². The van der Waals surface area contributed by atoms with Gasteiger partial charge in [0, 0.05) is 31.9 Å². The molecule has 0 unspecified atom stereocenters. The Morgan fingerprint density at radius 2 is 1.94 bits per heavy atom. The minimum atomic E-state index is -1.16. The number of nitrogens with zero attached hydrogens (tertiary/aromatic N) is 1. The van der Waals surface area contributed by atoms with Crippen LogP contribution in [0.4, 0.5) is 17.1 Å². The van der Waals surface area contributed by atoms with E-state index >= 15 is 0 Å². The third kappa shape index (κ3) is 2.56. The van der Waals surface area contributed by atoms with Crippen molar-refractivity contribution in [2.75, 3.05) is 43.6 Å². The summed E-state index contributed by atoms with van der Waals surface area (Å²) in [6.07, 6.45) is 0. The van der Waals surface area contributed by atoms with Gasteiger partial charge in [0.15, 0.2) is 5.69 Å². The van der Waals surface area contributed by atoms with Crippen molar-refractivity contribution in [1.82, 2.24) is 0 Å². The molecule has 6 nitrogen and oxygen atoms in total. The van der Waals surface area contributed by atoms with E-state index in [1.807, 2.05) is 13.0 Å². The van der Waals surface area contributed by atoms with Crippen LogP contribution in [0.5, 0.6) is 0 Å². The van der Waals surface area contributed by atoms with Crippen molar-refractivity contribution in [2.24, 2.45) is 0 Å². The number of nitrogens with one attached hydrogen (secondary N) is 2. The van der Waals surface area contributed by atoms with E-state index in [9.17, 15) is 10.4 Å². The van der Waals surface area contributed by atoms with Gasteiger partial charge in [0.05, 0.1) is 18.9 Å². The average molecular weight is 252 g/mol. The zero-order valence-corrected chi connectivity index (χ0v) is 10.7. The van der Waals surface area contributed by atoms with Crippen LogP contribution < -0.4 is 15.4 Å². The van der Waals surface area contributed by atoms with Crippen LogP contribution in [-0.4, -0.2) is 33.4 Å². The van der Waals surface area contributed by atoms with Crippen molar-refractivity contribution in [1.29, 1.82) is 0 Å². The Bertz CT molecular complexity index is 417. The number of rotatable bonds is 3. The molecule has 1 heterocycles. The molecule has 18 heavy (non-hydrogen) atoms. The van der Waals surface area contributed by atoms with Gasteiger partial charge in [-0.25, -0.2) is 0 Å². The Morgan fingerprint density at radius 3 is 2.50 bits per heavy atom. The molecule has 2 rings (SSSR count). The number of anilines is 2. The van der Waals surface area contributed by atoms with Gasteiger partial charge in [-0.2, -0.15) is 0 Å². The largest absolute Gasteiger partial charge is 0.628 e. The molecule has 6 heteroatoms. The maximum Gasteiger partial charge on any atom is 0.155 e. The molecule has 100 valence electrons. The molecule has 0 saturated carbocycles. The van der Waals surface area contributed by atoms with Crippen LogP contribution in [0.2, 0.25) is 0 Å². The van der Waals surface area contributed by atoms with Crippen LogP contribution >= 0.6 is 0 Å². The Balaban J connectivity index is 2.36. The van der Waals surface area contributed by atoms with Crippen molar-refractivity contribution in [3.05, 3.63) is 28.1 Å². The molecule has 1 aliphatic heterocycles. The standard InChI is InChI=1S/C12H18N3O3/c1-9-7-12(15(16)17)10(13-2)8-11(9)14-3-5-18-6-4-14/h7-8,13,15H,3-6H2,1-2H3/q-1. The molecular formula is C12H18N3O3-. The molecule has 0 spiro atoms. The molecule has 0 atom stereocenters. The summed E-state index contributed by atoms with van der Waals surface area (Å²) in [5.74, 6) is 0. The van der Waals surface area contributed by atoms with E-state index in [-0.39, 0.29) is 5.69 Å². The SMILES string of the molecule is CNc1cc(N2CCOCC2)c(C)cc1[NH+]([O-])[O-]. The highest BCUT2D eigenvalue weighted by atomic mass is 16.8. The molecule has 1 fully saturated rings. The van der Waals surface area contributed by atoms with E-state index in [1.165, 1.54) is 0 Å². The lowest BCUT2D eigenvalue weighted by atomic mass is 10.1. The van der Waals surface area contributed by atoms with Gasteiger partial charge in [-0.15, -0.1) is 0 Å². The van der Waals surface area contributed by atoms with Gasteiger partial charge in [0.2, 0.25) is 0 Å². The molecular weight excluding hydrogens is 234 g/mol. The molecule has 1 saturated heterocycles. The van der Waals surface area contributed by atoms with Crippen LogP contribution in [0, 0.1) is 17.3 Å². The molecule has 1 aromatic carbocycles. The van der Waals surface area contributed by atoms with Crippen LogP contribution in [-0.2, 0) is 4.74 Å². The molecule has 2 N–H and O–H groups in total. The summed E-state index contributed by atoms with van der Waals surface area (Å²) < 4.78 is 5.32. The van der Waals surface area contributed by atoms with Crippen LogP contribution in [0.15, 0.2) is 12.1 Å². The molecule has 0 amide bonds. The fourth-order valence-corrected chi connectivity index (χ4v) is 2.22. The first-order valence-electron chi connectivity index (χ1n) is 6.00. The number of hydrogen-bond donors (Lipinski definition) is 2. The van der Waals surface area contributed by atoms with Gasteiger partial charge in [-0.1, -0.05) is 0 Å². The summed E-state index contributed by atoms with van der Waals surface area (Å²) in [5.41, 5.74) is 2.77. The van der Waals surface area contributed by atoms with Gasteiger partial charge >= 0.3 is 0 Å². The van der Waals surface area contributed by atoms with Gasteiger partial charge in [0.1, 0.15) is 0 Å². The monoisotopic (exact) mass is 252 g/mol. The summed E-state index contributed by atoms with van der Waals surface area (Å²) in [5, 5.41) is 23.8. The second-order valence-electron chi connectivity index (χ2n) is 4.32. The first-order chi connectivity index (χ1) is 8.63. The third-order valence-corrected chi connectivity index (χ3v) is 3.18. The second kappa shape index (κ2) is 5.53. The Hall–Kier alpha value is -1.34. The zero-order valence-electron chi connectivity index (χ0n) is 10.7. The van der Waals surface area contributed by atoms with E-state index in [0.29, 0.717) is 18.9 Å². The first-order valence-corrected chi connectivity index (χ1v) is 6.00. The van der Waals surface area contributed by atoms with Gasteiger partial charge in [0.25, 0.3) is 0 Å². The first kappa shape index (κ1) is 13.1. The highest BCUT2D eigenvalue weighted by Gasteiger charge is 2.16. The summed E-state index contributed by atoms with van der Waals surface area (Å²) in [4.78, 5) is 2.21. The van der Waals surface area contributed by atoms with Crippen molar-refractivity contribution >= 4 is 17.1 Å². The number of ether oxygens (including phenoxy) is 1. The highest BCUT2D eigenvalue weighted by molar-refractivity contribution is 5.72. The Kier molecular flexibility index (Phi) is 4.03. The zero-order chi connectivity index (χ0) is 13.1. The fourth-order valence-electron chi connectivity index (χ4n) is 2.22. The lowest BCUT2D eigenvalue weighted by molar-refractivity contribution is -0.714. The van der Waals surface area contributed by atoms with Gasteiger partial charge < -0.3 is 30.6 Å². The maximum atomic E-state index is 11.0. The highest BCUT2D eigenvalue weighted by Crippen LogP contribution is 2.29. The number of benzene rings is 1. The van der Waals surface area contributed by atoms with E-state index in [2.05, 4.69) is 10.2 Å². The molecule has 0 aliphatic carbocycles. The normalized spacial score (nSPS) is 16.2. The fraction of sp³-hybridized carbons (Fsp3) is 0.500. The molecule has 0 bridgehead atoms.